The Balaban J connectivity index is 3.77. The molecule has 3 heteroatoms. The van der Waals surface area contributed by atoms with E-state index in [0.717, 1.165) is 13.0 Å². The average Bonchev–Trinajstić information content (AvgIpc) is 2.17. The van der Waals surface area contributed by atoms with Gasteiger partial charge in [-0.2, -0.15) is 0 Å². The van der Waals surface area contributed by atoms with Gasteiger partial charge in [-0.1, -0.05) is 18.2 Å². The lowest BCUT2D eigenvalue weighted by atomic mass is 10.0. The molecule has 3 nitrogen and oxygen atoms in total. The van der Waals surface area contributed by atoms with E-state index in [1.54, 1.807) is 7.11 Å². The molecule has 0 heterocycles. The zero-order valence-corrected chi connectivity index (χ0v) is 8.49. The van der Waals surface area contributed by atoms with Crippen molar-refractivity contribution in [2.24, 2.45) is 11.7 Å². The maximum Gasteiger partial charge on any atom is 0.111 e. The number of ether oxygens (including phenoxy) is 1. The van der Waals surface area contributed by atoms with Crippen LogP contribution in [0.5, 0.6) is 0 Å². The first-order valence-corrected chi connectivity index (χ1v) is 4.46. The van der Waals surface area contributed by atoms with E-state index >= 15 is 0 Å². The van der Waals surface area contributed by atoms with Crippen LogP contribution in [0, 0.1) is 5.92 Å². The van der Waals surface area contributed by atoms with Gasteiger partial charge in [0.05, 0.1) is 0 Å². The fourth-order valence-corrected chi connectivity index (χ4v) is 0.994. The Hall–Kier alpha value is -0.640. The predicted octanol–water partition coefficient (Wildman–Crippen LogP) is 0.885. The van der Waals surface area contributed by atoms with Crippen molar-refractivity contribution in [1.29, 1.82) is 0 Å². The second kappa shape index (κ2) is 7.98. The standard InChI is InChI=1S/C10H20N2O/c1-4-9(10(11)13-3)7-5-6-8-12-2/h4-6,9-10,12H,1,7-8,11H2,2-3H3/b6-5+/t9?,10-/m0/s1. The highest BCUT2D eigenvalue weighted by molar-refractivity contribution is 4.92. The van der Waals surface area contributed by atoms with Crippen LogP contribution in [-0.2, 0) is 4.74 Å². The molecule has 3 N–H and O–H groups in total. The number of likely N-dealkylation sites (N-methyl/N-ethyl adjacent to an activating group) is 1. The lowest BCUT2D eigenvalue weighted by Crippen LogP contribution is -2.30. The topological polar surface area (TPSA) is 47.3 Å². The molecule has 0 aliphatic carbocycles. The minimum Gasteiger partial charge on any atom is -0.366 e. The van der Waals surface area contributed by atoms with E-state index in [9.17, 15) is 0 Å². The van der Waals surface area contributed by atoms with Gasteiger partial charge in [-0.15, -0.1) is 6.58 Å². The molecule has 2 atom stereocenters. The summed E-state index contributed by atoms with van der Waals surface area (Å²) >= 11 is 0. The van der Waals surface area contributed by atoms with E-state index in [-0.39, 0.29) is 12.1 Å². The van der Waals surface area contributed by atoms with Gasteiger partial charge in [-0.3, -0.25) is 0 Å². The van der Waals surface area contributed by atoms with Gasteiger partial charge in [-0.05, 0) is 13.5 Å². The van der Waals surface area contributed by atoms with Crippen molar-refractivity contribution in [2.45, 2.75) is 12.6 Å². The van der Waals surface area contributed by atoms with Gasteiger partial charge in [0.1, 0.15) is 6.23 Å². The number of rotatable bonds is 7. The zero-order valence-electron chi connectivity index (χ0n) is 8.49. The maximum absolute atomic E-state index is 5.70. The molecule has 0 rings (SSSR count). The lowest BCUT2D eigenvalue weighted by Gasteiger charge is -2.17. The van der Waals surface area contributed by atoms with E-state index < -0.39 is 0 Å². The normalized spacial score (nSPS) is 15.9. The highest BCUT2D eigenvalue weighted by Gasteiger charge is 2.10. The quantitative estimate of drug-likeness (QED) is 0.456. The third-order valence-electron chi connectivity index (χ3n) is 1.89. The van der Waals surface area contributed by atoms with Crippen LogP contribution in [0.25, 0.3) is 0 Å². The van der Waals surface area contributed by atoms with Crippen molar-refractivity contribution in [1.82, 2.24) is 5.32 Å². The Morgan fingerprint density at radius 1 is 1.54 bits per heavy atom. The number of nitrogens with one attached hydrogen (secondary N) is 1. The highest BCUT2D eigenvalue weighted by Crippen LogP contribution is 2.09. The summed E-state index contributed by atoms with van der Waals surface area (Å²) in [4.78, 5) is 0. The summed E-state index contributed by atoms with van der Waals surface area (Å²) in [5.74, 6) is 0.193. The van der Waals surface area contributed by atoms with Crippen molar-refractivity contribution in [3.8, 4) is 0 Å². The van der Waals surface area contributed by atoms with Crippen molar-refractivity contribution in [3.63, 3.8) is 0 Å². The van der Waals surface area contributed by atoms with Gasteiger partial charge in [0, 0.05) is 19.6 Å². The highest BCUT2D eigenvalue weighted by atomic mass is 16.5. The van der Waals surface area contributed by atoms with Crippen LogP contribution < -0.4 is 11.1 Å². The predicted molar refractivity (Wildman–Crippen MR) is 56.4 cm³/mol. The average molecular weight is 184 g/mol. The van der Waals surface area contributed by atoms with Crippen LogP contribution in [0.2, 0.25) is 0 Å². The van der Waals surface area contributed by atoms with E-state index in [0.29, 0.717) is 0 Å². The van der Waals surface area contributed by atoms with Crippen LogP contribution in [0.3, 0.4) is 0 Å². The minimum absolute atomic E-state index is 0.193. The van der Waals surface area contributed by atoms with Crippen molar-refractivity contribution in [2.75, 3.05) is 20.7 Å². The van der Waals surface area contributed by atoms with Gasteiger partial charge >= 0.3 is 0 Å². The summed E-state index contributed by atoms with van der Waals surface area (Å²) in [5.41, 5.74) is 5.70. The zero-order chi connectivity index (χ0) is 10.1. The fourth-order valence-electron chi connectivity index (χ4n) is 0.994. The third kappa shape index (κ3) is 5.58. The summed E-state index contributed by atoms with van der Waals surface area (Å²) in [5, 5.41) is 3.03. The SMILES string of the molecule is C=CC(C/C=C/CNC)[C@@H](N)OC. The van der Waals surface area contributed by atoms with Gasteiger partial charge in [-0.25, -0.2) is 0 Å². The van der Waals surface area contributed by atoms with Crippen molar-refractivity contribution in [3.05, 3.63) is 24.8 Å². The summed E-state index contributed by atoms with van der Waals surface area (Å²) in [6.07, 6.45) is 6.61. The molecular formula is C10H20N2O. The molecule has 0 saturated heterocycles. The maximum atomic E-state index is 5.70. The molecular weight excluding hydrogens is 164 g/mol. The molecule has 0 aliphatic rings. The second-order valence-corrected chi connectivity index (χ2v) is 2.86. The number of nitrogens with two attached hydrogens (primary N) is 1. The number of hydrogen-bond acceptors (Lipinski definition) is 3. The number of allylic oxidation sites excluding steroid dienone is 1. The Morgan fingerprint density at radius 2 is 2.23 bits per heavy atom. The smallest absolute Gasteiger partial charge is 0.111 e. The van der Waals surface area contributed by atoms with Crippen LogP contribution in [0.1, 0.15) is 6.42 Å². The summed E-state index contributed by atoms with van der Waals surface area (Å²) in [6, 6.07) is 0. The van der Waals surface area contributed by atoms with E-state index in [1.807, 2.05) is 13.1 Å². The Morgan fingerprint density at radius 3 is 2.69 bits per heavy atom. The molecule has 0 aliphatic heterocycles. The molecule has 0 aromatic heterocycles. The molecule has 0 fully saturated rings. The number of hydrogen-bond donors (Lipinski definition) is 2. The minimum atomic E-state index is -0.253. The third-order valence-corrected chi connectivity index (χ3v) is 1.89. The van der Waals surface area contributed by atoms with Crippen LogP contribution in [0.15, 0.2) is 24.8 Å². The summed E-state index contributed by atoms with van der Waals surface area (Å²) in [6.45, 7) is 4.60. The van der Waals surface area contributed by atoms with Gasteiger partial charge in [0.2, 0.25) is 0 Å². The molecule has 1 unspecified atom stereocenters. The number of methoxy groups -OCH3 is 1. The molecule has 0 aromatic rings. The second-order valence-electron chi connectivity index (χ2n) is 2.86. The first-order valence-electron chi connectivity index (χ1n) is 4.46. The molecule has 76 valence electrons. The summed E-state index contributed by atoms with van der Waals surface area (Å²) < 4.78 is 5.02. The van der Waals surface area contributed by atoms with Gasteiger partial charge < -0.3 is 15.8 Å². The molecule has 0 aromatic carbocycles. The van der Waals surface area contributed by atoms with E-state index in [4.69, 9.17) is 10.5 Å². The first kappa shape index (κ1) is 12.4. The van der Waals surface area contributed by atoms with Gasteiger partial charge in [0.25, 0.3) is 0 Å². The lowest BCUT2D eigenvalue weighted by molar-refractivity contribution is 0.0750. The Kier molecular flexibility index (Phi) is 7.59. The van der Waals surface area contributed by atoms with Crippen LogP contribution >= 0.6 is 0 Å². The fraction of sp³-hybridized carbons (Fsp3) is 0.600. The van der Waals surface area contributed by atoms with Crippen LogP contribution in [0.4, 0.5) is 0 Å². The molecule has 0 spiro atoms. The van der Waals surface area contributed by atoms with E-state index in [2.05, 4.69) is 24.0 Å². The summed E-state index contributed by atoms with van der Waals surface area (Å²) in [7, 11) is 3.52. The van der Waals surface area contributed by atoms with Crippen LogP contribution in [-0.4, -0.2) is 26.9 Å². The molecule has 13 heavy (non-hydrogen) atoms. The molecule has 0 amide bonds. The van der Waals surface area contributed by atoms with Crippen molar-refractivity contribution >= 4 is 0 Å². The van der Waals surface area contributed by atoms with Crippen molar-refractivity contribution < 1.29 is 4.74 Å². The molecule has 0 bridgehead atoms. The largest absolute Gasteiger partial charge is 0.366 e. The first-order chi connectivity index (χ1) is 6.26. The molecule has 0 radical (unpaired) electrons. The van der Waals surface area contributed by atoms with E-state index in [1.165, 1.54) is 0 Å². The van der Waals surface area contributed by atoms with Gasteiger partial charge in [0.15, 0.2) is 0 Å². The monoisotopic (exact) mass is 184 g/mol. The molecule has 0 saturated carbocycles. The Bertz CT molecular complexity index is 157. The Labute approximate surface area is 80.6 Å².